The molecule has 0 spiro atoms. The fourth-order valence-electron chi connectivity index (χ4n) is 6.29. The Morgan fingerprint density at radius 2 is 1.63 bits per heavy atom. The highest BCUT2D eigenvalue weighted by atomic mass is 16.6. The number of rotatable bonds is 10. The van der Waals surface area contributed by atoms with Gasteiger partial charge in [-0.15, -0.1) is 0 Å². The summed E-state index contributed by atoms with van der Waals surface area (Å²) in [5.41, 5.74) is 0. The maximum absolute atomic E-state index is 11.3. The molecule has 0 heterocycles. The summed E-state index contributed by atoms with van der Waals surface area (Å²) in [4.78, 5) is 22.3. The van der Waals surface area contributed by atoms with Crippen LogP contribution in [0.5, 0.6) is 0 Å². The monoisotopic (exact) mass is 376 g/mol. The van der Waals surface area contributed by atoms with E-state index in [1.807, 2.05) is 0 Å². The van der Waals surface area contributed by atoms with Gasteiger partial charge in [0.25, 0.3) is 0 Å². The summed E-state index contributed by atoms with van der Waals surface area (Å²) in [5, 5.41) is 0. The van der Waals surface area contributed by atoms with Crippen LogP contribution in [0.4, 0.5) is 0 Å². The molecule has 27 heavy (non-hydrogen) atoms. The Kier molecular flexibility index (Phi) is 6.74. The number of fused-ring (bicyclic) bond motifs is 5. The van der Waals surface area contributed by atoms with Gasteiger partial charge in [0.05, 0.1) is 13.2 Å². The molecular weight excluding hydrogens is 344 g/mol. The minimum atomic E-state index is -0.402. The Morgan fingerprint density at radius 3 is 2.33 bits per heavy atom. The predicted molar refractivity (Wildman–Crippen MR) is 102 cm³/mol. The third kappa shape index (κ3) is 4.29. The Bertz CT molecular complexity index is 571. The lowest BCUT2D eigenvalue weighted by molar-refractivity contribution is -0.140. The van der Waals surface area contributed by atoms with E-state index in [1.165, 1.54) is 31.4 Å². The molecular formula is C22H32O5. The van der Waals surface area contributed by atoms with Crippen molar-refractivity contribution in [2.45, 2.75) is 32.6 Å². The second-order valence-electron chi connectivity index (χ2n) is 8.28. The lowest BCUT2D eigenvalue weighted by atomic mass is 9.72. The van der Waals surface area contributed by atoms with E-state index in [1.54, 1.807) is 0 Å². The molecule has 3 aliphatic carbocycles. The molecule has 150 valence electrons. The van der Waals surface area contributed by atoms with Gasteiger partial charge in [-0.1, -0.05) is 20.1 Å². The number of ether oxygens (including phenoxy) is 3. The van der Waals surface area contributed by atoms with Gasteiger partial charge in [0.15, 0.2) is 0 Å². The molecule has 2 bridgehead atoms. The first-order valence-corrected chi connectivity index (χ1v) is 10.2. The van der Waals surface area contributed by atoms with Crippen molar-refractivity contribution in [3.63, 3.8) is 0 Å². The highest BCUT2D eigenvalue weighted by Crippen LogP contribution is 2.65. The topological polar surface area (TPSA) is 61.8 Å². The minimum absolute atomic E-state index is 0.282. The van der Waals surface area contributed by atoms with Gasteiger partial charge in [0.2, 0.25) is 0 Å². The van der Waals surface area contributed by atoms with Crippen LogP contribution in [0.15, 0.2) is 25.3 Å². The van der Waals surface area contributed by atoms with Crippen molar-refractivity contribution in [2.24, 2.45) is 41.4 Å². The number of hydrogen-bond donors (Lipinski definition) is 0. The molecule has 0 aromatic heterocycles. The zero-order chi connectivity index (χ0) is 19.4. The molecule has 5 nitrogen and oxygen atoms in total. The van der Waals surface area contributed by atoms with Gasteiger partial charge in [-0.3, -0.25) is 0 Å². The fraction of sp³-hybridized carbons (Fsp3) is 0.727. The van der Waals surface area contributed by atoms with E-state index in [-0.39, 0.29) is 12.6 Å². The van der Waals surface area contributed by atoms with Crippen LogP contribution in [0.2, 0.25) is 0 Å². The molecule has 0 aromatic carbocycles. The first kappa shape index (κ1) is 20.1. The molecule has 5 heteroatoms. The van der Waals surface area contributed by atoms with E-state index in [9.17, 15) is 9.59 Å². The average molecular weight is 376 g/mol. The van der Waals surface area contributed by atoms with Crippen molar-refractivity contribution < 1.29 is 23.8 Å². The summed E-state index contributed by atoms with van der Waals surface area (Å²) in [5.74, 6) is 4.38. The maximum Gasteiger partial charge on any atom is 0.330 e. The smallest absolute Gasteiger partial charge is 0.330 e. The summed E-state index contributed by atoms with van der Waals surface area (Å²) in [6.45, 7) is 11.2. The lowest BCUT2D eigenvalue weighted by Gasteiger charge is -2.34. The number of hydrogen-bond acceptors (Lipinski definition) is 5. The summed E-state index contributed by atoms with van der Waals surface area (Å²) >= 11 is 0. The largest absolute Gasteiger partial charge is 0.463 e. The van der Waals surface area contributed by atoms with Crippen LogP contribution in [0.3, 0.4) is 0 Å². The molecule has 0 radical (unpaired) electrons. The van der Waals surface area contributed by atoms with Gasteiger partial charge in [-0.05, 0) is 67.1 Å². The standard InChI is InChI=1S/C22H32O5/c1-4-19(23)26-9-8-15-6-7-17-18-12-16(21(14(18)3)22(15)17)13-25-10-11-27-20(24)5-2/h4-5,14-18,21-22H,1-2,6-13H2,3H3/t14-,15?,16-,17+,18+,21-,22+/m1/s1. The fourth-order valence-corrected chi connectivity index (χ4v) is 6.29. The molecule has 0 saturated heterocycles. The zero-order valence-electron chi connectivity index (χ0n) is 16.3. The second-order valence-corrected chi connectivity index (χ2v) is 8.28. The van der Waals surface area contributed by atoms with Gasteiger partial charge in [-0.2, -0.15) is 0 Å². The normalized spacial score (nSPS) is 36.3. The van der Waals surface area contributed by atoms with E-state index >= 15 is 0 Å². The second kappa shape index (κ2) is 9.05. The molecule has 3 rings (SSSR count). The molecule has 3 aliphatic rings. The summed E-state index contributed by atoms with van der Waals surface area (Å²) < 4.78 is 16.0. The molecule has 3 fully saturated rings. The first-order valence-electron chi connectivity index (χ1n) is 10.2. The molecule has 7 atom stereocenters. The number of carbonyl (C=O) groups is 2. The lowest BCUT2D eigenvalue weighted by Crippen LogP contribution is -2.32. The van der Waals surface area contributed by atoms with Gasteiger partial charge in [-0.25, -0.2) is 9.59 Å². The van der Waals surface area contributed by atoms with E-state index in [0.717, 1.165) is 36.7 Å². The SMILES string of the molecule is C=CC(=O)OCCOC[C@H]1C[C@H]2[C@@H](C)[C@H]1[C@H]1C(CCOC(=O)C=C)CC[C@@H]21. The third-order valence-corrected chi connectivity index (χ3v) is 7.18. The molecule has 3 saturated carbocycles. The maximum atomic E-state index is 11.3. The van der Waals surface area contributed by atoms with Crippen molar-refractivity contribution in [1.29, 1.82) is 0 Å². The highest BCUT2D eigenvalue weighted by Gasteiger charge is 2.60. The Labute approximate surface area is 162 Å². The van der Waals surface area contributed by atoms with E-state index < -0.39 is 5.97 Å². The van der Waals surface area contributed by atoms with E-state index in [0.29, 0.717) is 31.0 Å². The van der Waals surface area contributed by atoms with Crippen molar-refractivity contribution in [2.75, 3.05) is 26.4 Å². The van der Waals surface area contributed by atoms with Gasteiger partial charge in [0.1, 0.15) is 6.61 Å². The third-order valence-electron chi connectivity index (χ3n) is 7.18. The van der Waals surface area contributed by atoms with Crippen LogP contribution in [0.1, 0.15) is 32.6 Å². The average Bonchev–Trinajstić information content (AvgIpc) is 3.30. The molecule has 0 N–H and O–H groups in total. The number of esters is 2. The van der Waals surface area contributed by atoms with Gasteiger partial charge < -0.3 is 14.2 Å². The molecule has 0 aliphatic heterocycles. The highest BCUT2D eigenvalue weighted by molar-refractivity contribution is 5.81. The van der Waals surface area contributed by atoms with Crippen LogP contribution in [-0.2, 0) is 23.8 Å². The molecule has 0 amide bonds. The van der Waals surface area contributed by atoms with Crippen LogP contribution in [0, 0.1) is 41.4 Å². The number of carbonyl (C=O) groups excluding carboxylic acids is 2. The van der Waals surface area contributed by atoms with Gasteiger partial charge in [0, 0.05) is 18.8 Å². The van der Waals surface area contributed by atoms with Crippen molar-refractivity contribution >= 4 is 11.9 Å². The Balaban J connectivity index is 1.47. The summed E-state index contributed by atoms with van der Waals surface area (Å²) in [6.07, 6.45) is 7.20. The first-order chi connectivity index (χ1) is 13.1. The molecule has 1 unspecified atom stereocenters. The van der Waals surface area contributed by atoms with Crippen LogP contribution in [0.25, 0.3) is 0 Å². The van der Waals surface area contributed by atoms with Crippen molar-refractivity contribution in [1.82, 2.24) is 0 Å². The van der Waals surface area contributed by atoms with Crippen LogP contribution < -0.4 is 0 Å². The summed E-state index contributed by atoms with van der Waals surface area (Å²) in [6, 6.07) is 0. The van der Waals surface area contributed by atoms with Crippen molar-refractivity contribution in [3.8, 4) is 0 Å². The van der Waals surface area contributed by atoms with Crippen LogP contribution in [-0.4, -0.2) is 38.4 Å². The van der Waals surface area contributed by atoms with E-state index in [2.05, 4.69) is 20.1 Å². The molecule has 0 aromatic rings. The van der Waals surface area contributed by atoms with E-state index in [4.69, 9.17) is 14.2 Å². The van der Waals surface area contributed by atoms with Gasteiger partial charge >= 0.3 is 11.9 Å². The van der Waals surface area contributed by atoms with Crippen molar-refractivity contribution in [3.05, 3.63) is 25.3 Å². The Hall–Kier alpha value is -1.62. The quantitative estimate of drug-likeness (QED) is 0.332. The summed E-state index contributed by atoms with van der Waals surface area (Å²) in [7, 11) is 0. The Morgan fingerprint density at radius 1 is 0.926 bits per heavy atom. The zero-order valence-corrected chi connectivity index (χ0v) is 16.3. The van der Waals surface area contributed by atoms with Crippen LogP contribution >= 0.6 is 0 Å². The predicted octanol–water partition coefficient (Wildman–Crippen LogP) is 3.40. The minimum Gasteiger partial charge on any atom is -0.463 e.